The van der Waals surface area contributed by atoms with Crippen LogP contribution < -0.4 is 5.32 Å². The second-order valence-corrected chi connectivity index (χ2v) is 3.54. The van der Waals surface area contributed by atoms with Crippen LogP contribution in [0.2, 0.25) is 0 Å². The molecule has 0 aliphatic carbocycles. The molecule has 1 amide bonds. The molecule has 1 N–H and O–H groups in total. The maximum absolute atomic E-state index is 11.1. The fraction of sp³-hybridized carbons (Fsp3) is 0.200. The summed E-state index contributed by atoms with van der Waals surface area (Å²) in [7, 11) is 1.66. The summed E-state index contributed by atoms with van der Waals surface area (Å²) < 4.78 is 5.16. The monoisotopic (exact) mass is 219 g/mol. The van der Waals surface area contributed by atoms with Crippen molar-refractivity contribution in [2.75, 3.05) is 7.05 Å². The van der Waals surface area contributed by atoms with Crippen molar-refractivity contribution < 1.29 is 14.2 Å². The fourth-order valence-corrected chi connectivity index (χ4v) is 1.76. The normalized spacial score (nSPS) is 21.1. The minimum absolute atomic E-state index is 0.406. The number of benzene rings is 1. The third-order valence-electron chi connectivity index (χ3n) is 2.51. The minimum atomic E-state index is -0.486. The molecule has 0 spiro atoms. The van der Waals surface area contributed by atoms with E-state index in [0.29, 0.717) is 11.3 Å². The molecule has 6 heteroatoms. The quantitative estimate of drug-likeness (QED) is 0.785. The molecule has 1 atom stereocenters. The summed E-state index contributed by atoms with van der Waals surface area (Å²) >= 11 is 0. The lowest BCUT2D eigenvalue weighted by Gasteiger charge is -2.12. The topological polar surface area (TPSA) is 67.6 Å². The van der Waals surface area contributed by atoms with Crippen LogP contribution in [0.15, 0.2) is 28.8 Å². The van der Waals surface area contributed by atoms with E-state index >= 15 is 0 Å². The molecule has 1 saturated heterocycles. The predicted molar refractivity (Wildman–Crippen MR) is 54.1 cm³/mol. The Morgan fingerprint density at radius 2 is 2.25 bits per heavy atom. The van der Waals surface area contributed by atoms with E-state index in [4.69, 9.17) is 9.36 Å². The highest BCUT2D eigenvalue weighted by Crippen LogP contribution is 2.27. The molecule has 82 valence electrons. The van der Waals surface area contributed by atoms with Gasteiger partial charge in [-0.1, -0.05) is 17.3 Å². The number of amides is 1. The maximum atomic E-state index is 11.1. The SMILES string of the molecule is CN1OC(=O)NC1c1noc2ccccc12. The van der Waals surface area contributed by atoms with Gasteiger partial charge in [-0.15, -0.1) is 5.06 Å². The molecule has 0 bridgehead atoms. The van der Waals surface area contributed by atoms with Crippen LogP contribution in [0, 0.1) is 0 Å². The Kier molecular flexibility index (Phi) is 1.84. The molecule has 2 heterocycles. The van der Waals surface area contributed by atoms with E-state index in [1.54, 1.807) is 7.05 Å². The van der Waals surface area contributed by atoms with E-state index in [9.17, 15) is 4.79 Å². The molecular weight excluding hydrogens is 210 g/mol. The Hall–Kier alpha value is -2.08. The molecule has 1 aromatic carbocycles. The number of nitrogens with zero attached hydrogens (tertiary/aromatic N) is 2. The van der Waals surface area contributed by atoms with Gasteiger partial charge in [-0.25, -0.2) is 4.79 Å². The highest BCUT2D eigenvalue weighted by molar-refractivity contribution is 5.80. The number of para-hydroxylation sites is 1. The second kappa shape index (κ2) is 3.21. The van der Waals surface area contributed by atoms with Gasteiger partial charge >= 0.3 is 6.09 Å². The van der Waals surface area contributed by atoms with Crippen LogP contribution >= 0.6 is 0 Å². The molecule has 16 heavy (non-hydrogen) atoms. The number of hydroxylamine groups is 2. The van der Waals surface area contributed by atoms with Crippen molar-refractivity contribution in [1.29, 1.82) is 0 Å². The Morgan fingerprint density at radius 3 is 3.00 bits per heavy atom. The largest absolute Gasteiger partial charge is 0.428 e. The number of nitrogens with one attached hydrogen (secondary N) is 1. The second-order valence-electron chi connectivity index (χ2n) is 3.54. The van der Waals surface area contributed by atoms with Gasteiger partial charge in [0.25, 0.3) is 0 Å². The van der Waals surface area contributed by atoms with E-state index < -0.39 is 12.3 Å². The zero-order valence-corrected chi connectivity index (χ0v) is 8.51. The van der Waals surface area contributed by atoms with Crippen molar-refractivity contribution in [3.63, 3.8) is 0 Å². The van der Waals surface area contributed by atoms with Crippen molar-refractivity contribution >= 4 is 17.1 Å². The first-order chi connectivity index (χ1) is 7.75. The van der Waals surface area contributed by atoms with Crippen LogP contribution in [0.3, 0.4) is 0 Å². The Bertz CT molecular complexity index is 551. The summed E-state index contributed by atoms with van der Waals surface area (Å²) in [6.45, 7) is 0. The first-order valence-electron chi connectivity index (χ1n) is 4.81. The van der Waals surface area contributed by atoms with Crippen LogP contribution in [0.1, 0.15) is 11.9 Å². The summed E-state index contributed by atoms with van der Waals surface area (Å²) in [5.41, 5.74) is 1.33. The highest BCUT2D eigenvalue weighted by Gasteiger charge is 2.33. The minimum Gasteiger partial charge on any atom is -0.356 e. The lowest BCUT2D eigenvalue weighted by molar-refractivity contribution is -0.0682. The van der Waals surface area contributed by atoms with E-state index in [0.717, 1.165) is 5.39 Å². The van der Waals surface area contributed by atoms with Crippen LogP contribution in [0.5, 0.6) is 0 Å². The van der Waals surface area contributed by atoms with Gasteiger partial charge in [0.2, 0.25) is 0 Å². The van der Waals surface area contributed by atoms with Gasteiger partial charge < -0.3 is 9.36 Å². The third kappa shape index (κ3) is 1.24. The number of carbonyl (C=O) groups excluding carboxylic acids is 1. The smallest absolute Gasteiger partial charge is 0.356 e. The first-order valence-corrected chi connectivity index (χ1v) is 4.81. The molecule has 1 aliphatic rings. The average Bonchev–Trinajstić information content (AvgIpc) is 2.81. The number of aromatic nitrogens is 1. The highest BCUT2D eigenvalue weighted by atomic mass is 16.7. The van der Waals surface area contributed by atoms with Crippen LogP contribution in [-0.4, -0.2) is 23.4 Å². The van der Waals surface area contributed by atoms with Crippen molar-refractivity contribution in [2.45, 2.75) is 6.17 Å². The van der Waals surface area contributed by atoms with Gasteiger partial charge in [0.15, 0.2) is 11.7 Å². The lowest BCUT2D eigenvalue weighted by atomic mass is 10.2. The number of hydrogen-bond donors (Lipinski definition) is 1. The number of fused-ring (bicyclic) bond motifs is 1. The molecule has 0 saturated carbocycles. The first kappa shape index (κ1) is 9.17. The molecule has 3 rings (SSSR count). The van der Waals surface area contributed by atoms with Crippen LogP contribution in [0.25, 0.3) is 11.0 Å². The van der Waals surface area contributed by atoms with Gasteiger partial charge in [-0.2, -0.15) is 0 Å². The molecule has 1 aliphatic heterocycles. The summed E-state index contributed by atoms with van der Waals surface area (Å²) in [5, 5.41) is 8.87. The van der Waals surface area contributed by atoms with Gasteiger partial charge in [0, 0.05) is 12.4 Å². The van der Waals surface area contributed by atoms with Gasteiger partial charge in [-0.3, -0.25) is 5.32 Å². The lowest BCUT2D eigenvalue weighted by Crippen LogP contribution is -2.24. The summed E-state index contributed by atoms with van der Waals surface area (Å²) in [6, 6.07) is 7.47. The number of hydrogen-bond acceptors (Lipinski definition) is 5. The summed E-state index contributed by atoms with van der Waals surface area (Å²) in [6.07, 6.45) is -0.893. The number of rotatable bonds is 1. The van der Waals surface area contributed by atoms with Gasteiger partial charge in [0.1, 0.15) is 5.69 Å². The predicted octanol–water partition coefficient (Wildman–Crippen LogP) is 1.41. The molecule has 1 unspecified atom stereocenters. The summed E-state index contributed by atoms with van der Waals surface area (Å²) in [4.78, 5) is 15.9. The van der Waals surface area contributed by atoms with Gasteiger partial charge in [-0.05, 0) is 12.1 Å². The standard InChI is InChI=1S/C10H9N3O3/c1-13-9(11-10(14)16-13)8-6-4-2-3-5-7(6)15-12-8/h2-5,9H,1H3,(H,11,14). The van der Waals surface area contributed by atoms with Crippen LogP contribution in [0.4, 0.5) is 4.79 Å². The van der Waals surface area contributed by atoms with E-state index in [1.165, 1.54) is 5.06 Å². The van der Waals surface area contributed by atoms with Crippen LogP contribution in [-0.2, 0) is 4.84 Å². The van der Waals surface area contributed by atoms with E-state index in [1.807, 2.05) is 24.3 Å². The Balaban J connectivity index is 2.09. The van der Waals surface area contributed by atoms with E-state index in [-0.39, 0.29) is 0 Å². The molecule has 1 fully saturated rings. The average molecular weight is 219 g/mol. The van der Waals surface area contributed by atoms with Crippen molar-refractivity contribution in [2.24, 2.45) is 0 Å². The molecule has 2 aromatic rings. The zero-order valence-electron chi connectivity index (χ0n) is 8.51. The van der Waals surface area contributed by atoms with Gasteiger partial charge in [0.05, 0.1) is 0 Å². The molecule has 1 aromatic heterocycles. The maximum Gasteiger partial charge on any atom is 0.428 e. The molecular formula is C10H9N3O3. The number of carbonyl (C=O) groups is 1. The van der Waals surface area contributed by atoms with Crippen molar-refractivity contribution in [1.82, 2.24) is 15.5 Å². The zero-order chi connectivity index (χ0) is 11.1. The van der Waals surface area contributed by atoms with E-state index in [2.05, 4.69) is 10.5 Å². The van der Waals surface area contributed by atoms with Crippen molar-refractivity contribution in [3.8, 4) is 0 Å². The fourth-order valence-electron chi connectivity index (χ4n) is 1.76. The molecule has 6 nitrogen and oxygen atoms in total. The Morgan fingerprint density at radius 1 is 1.44 bits per heavy atom. The van der Waals surface area contributed by atoms with Crippen molar-refractivity contribution in [3.05, 3.63) is 30.0 Å². The summed E-state index contributed by atoms with van der Waals surface area (Å²) in [5.74, 6) is 0. The Labute approximate surface area is 90.7 Å². The third-order valence-corrected chi connectivity index (χ3v) is 2.51. The molecule has 0 radical (unpaired) electrons.